The molecule has 2 aromatic rings. The monoisotopic (exact) mass is 430 g/mol. The van der Waals surface area contributed by atoms with Gasteiger partial charge in [-0.2, -0.15) is 0 Å². The average Bonchev–Trinajstić information content (AvgIpc) is 3.17. The topological polar surface area (TPSA) is 52.6 Å². The normalized spacial score (nSPS) is 28.6. The van der Waals surface area contributed by atoms with Gasteiger partial charge in [-0.25, -0.2) is 9.59 Å². The van der Waals surface area contributed by atoms with Crippen molar-refractivity contribution in [2.75, 3.05) is 6.61 Å². The first-order valence-electron chi connectivity index (χ1n) is 11.4. The van der Waals surface area contributed by atoms with E-state index in [1.54, 1.807) is 24.3 Å². The van der Waals surface area contributed by atoms with Crippen LogP contribution in [0.4, 0.5) is 0 Å². The number of benzene rings is 2. The van der Waals surface area contributed by atoms with Gasteiger partial charge in [0.15, 0.2) is 0 Å². The summed E-state index contributed by atoms with van der Waals surface area (Å²) in [4.78, 5) is 25.2. The Bertz CT molecular complexity index is 993. The van der Waals surface area contributed by atoms with Gasteiger partial charge < -0.3 is 9.47 Å². The molecule has 0 saturated heterocycles. The number of esters is 2. The summed E-state index contributed by atoms with van der Waals surface area (Å²) < 4.78 is 11.7. The maximum Gasteiger partial charge on any atom is 0.338 e. The van der Waals surface area contributed by atoms with Gasteiger partial charge in [-0.3, -0.25) is 0 Å². The van der Waals surface area contributed by atoms with Gasteiger partial charge in [-0.05, 0) is 43.0 Å². The molecule has 0 amide bonds. The third kappa shape index (κ3) is 5.01. The number of rotatable bonds is 5. The van der Waals surface area contributed by atoms with Gasteiger partial charge in [-0.15, -0.1) is 0 Å². The molecule has 0 heterocycles. The second kappa shape index (κ2) is 9.99. The molecule has 1 unspecified atom stereocenters. The Morgan fingerprint density at radius 2 is 1.47 bits per heavy atom. The number of carbonyl (C=O) groups excluding carboxylic acids is 2. The minimum atomic E-state index is -0.298. The molecule has 0 fully saturated rings. The molecule has 4 nitrogen and oxygen atoms in total. The third-order valence-electron chi connectivity index (χ3n) is 6.60. The minimum Gasteiger partial charge on any atom is -0.462 e. The molecule has 2 aliphatic rings. The zero-order valence-electron chi connectivity index (χ0n) is 18.6. The molecule has 166 valence electrons. The van der Waals surface area contributed by atoms with Gasteiger partial charge in [0.2, 0.25) is 0 Å². The Kier molecular flexibility index (Phi) is 6.89. The number of hydrogen-bond donors (Lipinski definition) is 0. The van der Waals surface area contributed by atoms with E-state index in [0.717, 1.165) is 12.8 Å². The molecule has 4 heteroatoms. The molecule has 32 heavy (non-hydrogen) atoms. The highest BCUT2D eigenvalue weighted by Crippen LogP contribution is 2.41. The van der Waals surface area contributed by atoms with Crippen molar-refractivity contribution >= 4 is 11.9 Å². The van der Waals surface area contributed by atoms with Gasteiger partial charge in [-0.1, -0.05) is 74.0 Å². The second-order valence-corrected chi connectivity index (χ2v) is 8.84. The molecule has 5 atom stereocenters. The first-order valence-corrected chi connectivity index (χ1v) is 11.4. The maximum absolute atomic E-state index is 12.7. The minimum absolute atomic E-state index is 0.121. The van der Waals surface area contributed by atoms with Gasteiger partial charge in [0.25, 0.3) is 0 Å². The van der Waals surface area contributed by atoms with Crippen LogP contribution in [0.5, 0.6) is 0 Å². The van der Waals surface area contributed by atoms with Crippen LogP contribution in [0.25, 0.3) is 0 Å². The zero-order chi connectivity index (χ0) is 22.5. The van der Waals surface area contributed by atoms with Crippen molar-refractivity contribution in [2.45, 2.75) is 32.8 Å². The van der Waals surface area contributed by atoms with Crippen molar-refractivity contribution in [1.29, 1.82) is 0 Å². The fraction of sp³-hybridized carbons (Fsp3) is 0.357. The van der Waals surface area contributed by atoms with E-state index in [1.165, 1.54) is 5.57 Å². The van der Waals surface area contributed by atoms with Gasteiger partial charge in [0.05, 0.1) is 17.7 Å². The maximum atomic E-state index is 12.7. The molecule has 0 saturated carbocycles. The fourth-order valence-electron chi connectivity index (χ4n) is 4.71. The highest BCUT2D eigenvalue weighted by atomic mass is 16.5. The molecule has 0 aromatic heterocycles. The smallest absolute Gasteiger partial charge is 0.338 e. The summed E-state index contributed by atoms with van der Waals surface area (Å²) in [7, 11) is 0. The lowest BCUT2D eigenvalue weighted by Gasteiger charge is -2.32. The lowest BCUT2D eigenvalue weighted by atomic mass is 9.77. The van der Waals surface area contributed by atoms with Crippen molar-refractivity contribution in [2.24, 2.45) is 23.7 Å². The van der Waals surface area contributed by atoms with E-state index in [4.69, 9.17) is 9.47 Å². The summed E-state index contributed by atoms with van der Waals surface area (Å²) in [6.45, 7) is 4.66. The molecular formula is C28H30O4. The SMILES string of the molecule is CC1C=C[C@H]2/C1=C\[C@@H](C)[C@H](OC(=O)c1ccccc1)CC[C@@H]2COC(=O)c1ccccc1. The standard InChI is InChI=1S/C28H30O4/c1-19-13-15-24-23(18-31-27(29)21-9-5-3-6-10-21)14-16-26(20(2)17-25(19)24)32-28(30)22-11-7-4-8-12-22/h3-13,15,17,19-20,23-24,26H,14,16,18H2,1-2H3/b25-17-/t19?,20-,23-,24-,26-/m1/s1. The summed E-state index contributed by atoms with van der Waals surface area (Å²) in [6.07, 6.45) is 8.08. The second-order valence-electron chi connectivity index (χ2n) is 8.84. The molecule has 2 aliphatic carbocycles. The Morgan fingerprint density at radius 3 is 2.12 bits per heavy atom. The van der Waals surface area contributed by atoms with Crippen molar-refractivity contribution in [1.82, 2.24) is 0 Å². The van der Waals surface area contributed by atoms with E-state index in [9.17, 15) is 9.59 Å². The van der Waals surface area contributed by atoms with Gasteiger partial charge in [0.1, 0.15) is 6.10 Å². The average molecular weight is 431 g/mol. The van der Waals surface area contributed by atoms with E-state index >= 15 is 0 Å². The highest BCUT2D eigenvalue weighted by molar-refractivity contribution is 5.89. The van der Waals surface area contributed by atoms with Gasteiger partial charge >= 0.3 is 11.9 Å². The van der Waals surface area contributed by atoms with E-state index < -0.39 is 0 Å². The Morgan fingerprint density at radius 1 is 0.844 bits per heavy atom. The summed E-state index contributed by atoms with van der Waals surface area (Å²) in [5.41, 5.74) is 2.46. The number of carbonyl (C=O) groups is 2. The molecule has 4 rings (SSSR count). The van der Waals surface area contributed by atoms with E-state index in [0.29, 0.717) is 23.7 Å². The summed E-state index contributed by atoms with van der Waals surface area (Å²) >= 11 is 0. The van der Waals surface area contributed by atoms with Crippen LogP contribution in [0.3, 0.4) is 0 Å². The van der Waals surface area contributed by atoms with E-state index in [-0.39, 0.29) is 35.8 Å². The van der Waals surface area contributed by atoms with E-state index in [1.807, 2.05) is 36.4 Å². The van der Waals surface area contributed by atoms with Crippen molar-refractivity contribution in [3.05, 3.63) is 95.6 Å². The van der Waals surface area contributed by atoms with Crippen molar-refractivity contribution in [3.63, 3.8) is 0 Å². The Labute approximate surface area is 189 Å². The van der Waals surface area contributed by atoms with Crippen LogP contribution in [-0.4, -0.2) is 24.6 Å². The van der Waals surface area contributed by atoms with Crippen LogP contribution in [0, 0.1) is 23.7 Å². The molecule has 2 aromatic carbocycles. The summed E-state index contributed by atoms with van der Waals surface area (Å²) in [5.74, 6) is 0.271. The molecule has 0 aliphatic heterocycles. The predicted molar refractivity (Wildman–Crippen MR) is 124 cm³/mol. The largest absolute Gasteiger partial charge is 0.462 e. The van der Waals surface area contributed by atoms with Crippen LogP contribution >= 0.6 is 0 Å². The number of allylic oxidation sites excluding steroid dienone is 3. The third-order valence-corrected chi connectivity index (χ3v) is 6.60. The number of fused-ring (bicyclic) bond motifs is 1. The molecular weight excluding hydrogens is 400 g/mol. The van der Waals surface area contributed by atoms with Gasteiger partial charge in [0, 0.05) is 17.8 Å². The first-order chi connectivity index (χ1) is 15.5. The Hall–Kier alpha value is -3.14. The van der Waals surface area contributed by atoms with Crippen LogP contribution < -0.4 is 0 Å². The molecule has 0 bridgehead atoms. The van der Waals surface area contributed by atoms with Crippen LogP contribution in [0.1, 0.15) is 47.4 Å². The van der Waals surface area contributed by atoms with Crippen molar-refractivity contribution < 1.29 is 19.1 Å². The van der Waals surface area contributed by atoms with E-state index in [2.05, 4.69) is 32.1 Å². The zero-order valence-corrected chi connectivity index (χ0v) is 18.6. The molecule has 0 spiro atoms. The lowest BCUT2D eigenvalue weighted by Crippen LogP contribution is -2.31. The lowest BCUT2D eigenvalue weighted by molar-refractivity contribution is 0.0130. The van der Waals surface area contributed by atoms with Crippen LogP contribution in [-0.2, 0) is 9.47 Å². The quantitative estimate of drug-likeness (QED) is 0.440. The Balaban J connectivity index is 1.48. The number of hydrogen-bond acceptors (Lipinski definition) is 4. The predicted octanol–water partition coefficient (Wildman–Crippen LogP) is 5.86. The fourth-order valence-corrected chi connectivity index (χ4v) is 4.71. The summed E-state index contributed by atoms with van der Waals surface area (Å²) in [6, 6.07) is 18.2. The molecule has 0 radical (unpaired) electrons. The van der Waals surface area contributed by atoms with Crippen LogP contribution in [0.15, 0.2) is 84.5 Å². The number of ether oxygens (including phenoxy) is 2. The van der Waals surface area contributed by atoms with Crippen molar-refractivity contribution in [3.8, 4) is 0 Å². The first kappa shape index (κ1) is 22.1. The molecule has 0 N–H and O–H groups in total. The summed E-state index contributed by atoms with van der Waals surface area (Å²) in [5, 5.41) is 0. The van der Waals surface area contributed by atoms with Crippen LogP contribution in [0.2, 0.25) is 0 Å². The highest BCUT2D eigenvalue weighted by Gasteiger charge is 2.35.